The summed E-state index contributed by atoms with van der Waals surface area (Å²) >= 11 is 3.52. The van der Waals surface area contributed by atoms with E-state index >= 15 is 0 Å². The van der Waals surface area contributed by atoms with Crippen molar-refractivity contribution in [3.8, 4) is 11.1 Å². The number of benzene rings is 6. The van der Waals surface area contributed by atoms with Gasteiger partial charge in [0.05, 0.1) is 5.69 Å². The first-order valence-electron chi connectivity index (χ1n) is 17.5. The highest BCUT2D eigenvalue weighted by molar-refractivity contribution is 8.02. The van der Waals surface area contributed by atoms with Crippen molar-refractivity contribution in [2.75, 3.05) is 4.90 Å². The molecule has 0 saturated carbocycles. The van der Waals surface area contributed by atoms with Crippen molar-refractivity contribution in [1.29, 1.82) is 0 Å². The monoisotopic (exact) mass is 715 g/mol. The number of fused-ring (bicyclic) bond motifs is 15. The zero-order valence-corrected chi connectivity index (χ0v) is 30.1. The Bertz CT molecular complexity index is 3180. The maximum Gasteiger partial charge on any atom is 0.145 e. The van der Waals surface area contributed by atoms with Crippen LogP contribution >= 0.6 is 23.1 Å². The molecule has 2 aliphatic rings. The Morgan fingerprint density at radius 3 is 2.09 bits per heavy atom. The SMILES string of the molecule is C=C1/C=C\C=C/Sc2c3c(c4c(oc5ccccc54)c21)C(=C)/C=C\C=C/N3c1ccc(-c2cc3c4ccccc4oc3c3c2sc2ccccc23)cc1. The fourth-order valence-corrected chi connectivity index (χ4v) is 10.2. The molecule has 0 saturated heterocycles. The van der Waals surface area contributed by atoms with Crippen molar-refractivity contribution in [3.05, 3.63) is 175 Å². The maximum absolute atomic E-state index is 6.68. The molecular formula is C48H29NO2S2. The van der Waals surface area contributed by atoms with Gasteiger partial charge in [-0.15, -0.1) is 11.3 Å². The minimum Gasteiger partial charge on any atom is -0.455 e. The third-order valence-corrected chi connectivity index (χ3v) is 12.5. The molecule has 0 fully saturated rings. The number of thioether (sulfide) groups is 1. The van der Waals surface area contributed by atoms with Gasteiger partial charge in [-0.2, -0.15) is 0 Å². The number of rotatable bonds is 2. The van der Waals surface area contributed by atoms with E-state index in [1.54, 1.807) is 11.8 Å². The lowest BCUT2D eigenvalue weighted by Gasteiger charge is -2.30. The molecule has 0 bridgehead atoms. The molecule has 0 spiro atoms. The Labute approximate surface area is 313 Å². The standard InChI is InChI=1S/C48H29NO2S2/c1-28-13-9-11-25-49(44-40(28)42-33-16-4-7-19-38(33)51-46(42)41-29(2)14-10-12-26-52-48(41)44)31-23-21-30(22-24-31)35-27-36-32-15-3-6-18-37(32)50-45(36)43-34-17-5-8-20-39(34)53-47(35)43/h3-27H,1-2H2/b13-9-,14-10-,25-11-,26-12-. The number of para-hydroxylation sites is 2. The fraction of sp³-hybridized carbons (Fsp3) is 0. The quantitative estimate of drug-likeness (QED) is 0.178. The molecular weight excluding hydrogens is 687 g/mol. The van der Waals surface area contributed by atoms with Gasteiger partial charge in [-0.25, -0.2) is 0 Å². The summed E-state index contributed by atoms with van der Waals surface area (Å²) in [4.78, 5) is 3.38. The normalized spacial score (nSPS) is 16.9. The molecule has 0 aliphatic carbocycles. The number of allylic oxidation sites excluding steroid dienone is 8. The number of nitrogens with zero attached hydrogens (tertiary/aromatic N) is 1. The lowest BCUT2D eigenvalue weighted by molar-refractivity contribution is 0.666. The van der Waals surface area contributed by atoms with E-state index < -0.39 is 0 Å². The van der Waals surface area contributed by atoms with Gasteiger partial charge in [-0.05, 0) is 64.6 Å². The summed E-state index contributed by atoms with van der Waals surface area (Å²) in [5, 5.41) is 8.91. The van der Waals surface area contributed by atoms with Crippen molar-refractivity contribution in [2.24, 2.45) is 0 Å². The molecule has 0 atom stereocenters. The van der Waals surface area contributed by atoms with Crippen LogP contribution in [0, 0.1) is 0 Å². The van der Waals surface area contributed by atoms with Crippen molar-refractivity contribution in [3.63, 3.8) is 0 Å². The summed E-state index contributed by atoms with van der Waals surface area (Å²) in [6.07, 6.45) is 14.6. The average molecular weight is 716 g/mol. The van der Waals surface area contributed by atoms with E-state index in [4.69, 9.17) is 8.83 Å². The largest absolute Gasteiger partial charge is 0.455 e. The smallest absolute Gasteiger partial charge is 0.145 e. The van der Waals surface area contributed by atoms with Crippen LogP contribution in [0.2, 0.25) is 0 Å². The minimum atomic E-state index is 0.835. The van der Waals surface area contributed by atoms with Crippen LogP contribution in [0.4, 0.5) is 11.4 Å². The number of furan rings is 2. The van der Waals surface area contributed by atoms with E-state index in [1.165, 1.54) is 25.7 Å². The number of hydrogen-bond acceptors (Lipinski definition) is 5. The van der Waals surface area contributed by atoms with Crippen LogP contribution in [0.1, 0.15) is 11.1 Å². The maximum atomic E-state index is 6.68. The number of hydrogen-bond donors (Lipinski definition) is 0. The zero-order chi connectivity index (χ0) is 35.2. The molecule has 6 aromatic carbocycles. The molecule has 0 radical (unpaired) electrons. The van der Waals surface area contributed by atoms with Crippen molar-refractivity contribution < 1.29 is 8.83 Å². The predicted octanol–water partition coefficient (Wildman–Crippen LogP) is 14.9. The Balaban J connectivity index is 1.16. The van der Waals surface area contributed by atoms with E-state index in [2.05, 4.69) is 145 Å². The summed E-state index contributed by atoms with van der Waals surface area (Å²) in [6, 6.07) is 36.6. The first kappa shape index (κ1) is 30.4. The Morgan fingerprint density at radius 1 is 0.585 bits per heavy atom. The highest BCUT2D eigenvalue weighted by Crippen LogP contribution is 2.53. The molecule has 5 heterocycles. The van der Waals surface area contributed by atoms with Gasteiger partial charge < -0.3 is 13.7 Å². The van der Waals surface area contributed by atoms with Crippen molar-refractivity contribution in [1.82, 2.24) is 0 Å². The van der Waals surface area contributed by atoms with Crippen molar-refractivity contribution >= 4 is 110 Å². The molecule has 53 heavy (non-hydrogen) atoms. The number of thiophene rings is 1. The molecule has 3 aromatic heterocycles. The van der Waals surface area contributed by atoms with Gasteiger partial charge in [0.25, 0.3) is 0 Å². The molecule has 2 aliphatic heterocycles. The Kier molecular flexibility index (Phi) is 6.66. The van der Waals surface area contributed by atoms with Gasteiger partial charge in [-0.1, -0.05) is 122 Å². The molecule has 11 rings (SSSR count). The van der Waals surface area contributed by atoms with Gasteiger partial charge in [0.1, 0.15) is 22.3 Å². The predicted molar refractivity (Wildman–Crippen MR) is 228 cm³/mol. The summed E-state index contributed by atoms with van der Waals surface area (Å²) in [5.74, 6) is 0. The molecule has 0 N–H and O–H groups in total. The average Bonchev–Trinajstić information content (AvgIpc) is 3.87. The highest BCUT2D eigenvalue weighted by Gasteiger charge is 2.30. The highest BCUT2D eigenvalue weighted by atomic mass is 32.2. The van der Waals surface area contributed by atoms with Crippen LogP contribution in [-0.4, -0.2) is 0 Å². The summed E-state index contributed by atoms with van der Waals surface area (Å²) in [7, 11) is 0. The van der Waals surface area contributed by atoms with E-state index in [1.807, 2.05) is 35.6 Å². The molecule has 250 valence electrons. The second-order valence-electron chi connectivity index (χ2n) is 13.4. The van der Waals surface area contributed by atoms with Crippen LogP contribution in [0.3, 0.4) is 0 Å². The first-order chi connectivity index (χ1) is 26.1. The van der Waals surface area contributed by atoms with Crippen LogP contribution < -0.4 is 4.90 Å². The van der Waals surface area contributed by atoms with E-state index in [-0.39, 0.29) is 0 Å². The van der Waals surface area contributed by atoms with Gasteiger partial charge in [-0.3, -0.25) is 0 Å². The minimum absolute atomic E-state index is 0.835. The van der Waals surface area contributed by atoms with Gasteiger partial charge in [0.15, 0.2) is 0 Å². The van der Waals surface area contributed by atoms with Crippen LogP contribution in [0.25, 0.3) is 86.3 Å². The second-order valence-corrected chi connectivity index (χ2v) is 15.4. The van der Waals surface area contributed by atoms with Crippen LogP contribution in [-0.2, 0) is 0 Å². The first-order valence-corrected chi connectivity index (χ1v) is 19.2. The topological polar surface area (TPSA) is 29.5 Å². The number of anilines is 2. The van der Waals surface area contributed by atoms with Crippen LogP contribution in [0.15, 0.2) is 178 Å². The molecule has 0 amide bonds. The Hall–Kier alpha value is -6.27. The van der Waals surface area contributed by atoms with E-state index in [0.29, 0.717) is 0 Å². The molecule has 9 aromatic rings. The van der Waals surface area contributed by atoms with Gasteiger partial charge >= 0.3 is 0 Å². The van der Waals surface area contributed by atoms with E-state index in [9.17, 15) is 0 Å². The third kappa shape index (κ3) is 4.48. The zero-order valence-electron chi connectivity index (χ0n) is 28.4. The van der Waals surface area contributed by atoms with E-state index in [0.717, 1.165) is 88.0 Å². The second kappa shape index (κ2) is 11.6. The Morgan fingerprint density at radius 2 is 1.26 bits per heavy atom. The van der Waals surface area contributed by atoms with Gasteiger partial charge in [0, 0.05) is 75.2 Å². The lowest BCUT2D eigenvalue weighted by atomic mass is 9.91. The molecule has 5 heteroatoms. The van der Waals surface area contributed by atoms with Crippen LogP contribution in [0.5, 0.6) is 0 Å². The summed E-state index contributed by atoms with van der Waals surface area (Å²) in [6.45, 7) is 9.15. The third-order valence-electron chi connectivity index (χ3n) is 10.4. The summed E-state index contributed by atoms with van der Waals surface area (Å²) < 4.78 is 15.7. The molecule has 3 nitrogen and oxygen atoms in total. The molecule has 0 unspecified atom stereocenters. The van der Waals surface area contributed by atoms with Crippen molar-refractivity contribution in [2.45, 2.75) is 4.90 Å². The summed E-state index contributed by atoms with van der Waals surface area (Å²) in [5.41, 5.74) is 11.9. The fourth-order valence-electron chi connectivity index (χ4n) is 8.04. The van der Waals surface area contributed by atoms with Gasteiger partial charge in [0.2, 0.25) is 0 Å². The lowest BCUT2D eigenvalue weighted by Crippen LogP contribution is -2.14.